The van der Waals surface area contributed by atoms with Gasteiger partial charge in [-0.1, -0.05) is 37.5 Å². The molecule has 0 radical (unpaired) electrons. The highest BCUT2D eigenvalue weighted by Gasteiger charge is 2.56. The van der Waals surface area contributed by atoms with Gasteiger partial charge in [0.25, 0.3) is 5.92 Å². The van der Waals surface area contributed by atoms with Crippen LogP contribution >= 0.6 is 11.9 Å². The molecular weight excluding hydrogens is 506 g/mol. The third kappa shape index (κ3) is 4.40. The van der Waals surface area contributed by atoms with E-state index >= 15 is 0 Å². The molecule has 2 atom stereocenters. The number of aromatic nitrogens is 1. The number of nitrogens with two attached hydrogens (primary N) is 1. The van der Waals surface area contributed by atoms with Crippen LogP contribution in [0.5, 0.6) is 0 Å². The first kappa shape index (κ1) is 26.2. The van der Waals surface area contributed by atoms with E-state index in [4.69, 9.17) is 9.66 Å². The van der Waals surface area contributed by atoms with Crippen LogP contribution in [0.4, 0.5) is 32.2 Å². The van der Waals surface area contributed by atoms with E-state index in [0.717, 1.165) is 17.9 Å². The lowest BCUT2D eigenvalue weighted by Gasteiger charge is -2.41. The van der Waals surface area contributed by atoms with Crippen LogP contribution in [0.2, 0.25) is 0 Å². The van der Waals surface area contributed by atoms with Gasteiger partial charge in [-0.2, -0.15) is 0 Å². The number of hydrogen-bond donors (Lipinski definition) is 1. The Bertz CT molecular complexity index is 1270. The Balaban J connectivity index is 0.000000709. The zero-order chi connectivity index (χ0) is 26.4. The Morgan fingerprint density at radius 1 is 1.14 bits per heavy atom. The van der Waals surface area contributed by atoms with Crippen molar-refractivity contribution in [3.05, 3.63) is 59.9 Å². The Labute approximate surface area is 208 Å². The Morgan fingerprint density at radius 2 is 1.75 bits per heavy atom. The quantitative estimate of drug-likeness (QED) is 0.317. The van der Waals surface area contributed by atoms with E-state index in [2.05, 4.69) is 11.7 Å². The van der Waals surface area contributed by atoms with E-state index in [0.29, 0.717) is 12.1 Å². The summed E-state index contributed by atoms with van der Waals surface area (Å²) in [6.45, 7) is 7.58. The first-order chi connectivity index (χ1) is 17.0. The molecule has 0 aliphatic carbocycles. The molecule has 36 heavy (non-hydrogen) atoms. The fraction of sp³-hybridized carbons (Fsp3) is 0.375. The highest BCUT2D eigenvalue weighted by atomic mass is 32.2. The topological polar surface area (TPSA) is 58.5 Å². The minimum Gasteiger partial charge on any atom is -0.354 e. The zero-order valence-electron chi connectivity index (χ0n) is 19.5. The predicted octanol–water partition coefficient (Wildman–Crippen LogP) is 6.30. The average molecular weight is 531 g/mol. The Hall–Kier alpha value is -2.86. The van der Waals surface area contributed by atoms with Crippen LogP contribution in [0, 0.1) is 29.2 Å². The summed E-state index contributed by atoms with van der Waals surface area (Å²) in [7, 11) is 0. The van der Waals surface area contributed by atoms with Crippen molar-refractivity contribution in [2.75, 3.05) is 23.7 Å². The second-order valence-corrected chi connectivity index (χ2v) is 9.54. The highest BCUT2D eigenvalue weighted by molar-refractivity contribution is 7.97. The van der Waals surface area contributed by atoms with Crippen LogP contribution < -0.4 is 10.0 Å². The number of benzene rings is 2. The standard InChI is InChI=1S/C22H17F6N3O.C2H7NS/c1-10-9-31-11(2)30(4-3-18(31)22(10,27)28)21-20-14(5-12(23)8-17(20)32-29-21)19-15(25)6-13(24)7-16(19)26;1-2-4-3/h5-8,10,18H,2-4,9H2,1H3;2-3H2,1H3/t10-,18-;/m1./s1. The van der Waals surface area contributed by atoms with Gasteiger partial charge in [-0.05, 0) is 12.5 Å². The van der Waals surface area contributed by atoms with Crippen molar-refractivity contribution in [3.63, 3.8) is 0 Å². The maximum Gasteiger partial charge on any atom is 0.272 e. The van der Waals surface area contributed by atoms with Crippen LogP contribution in [-0.4, -0.2) is 40.9 Å². The van der Waals surface area contributed by atoms with E-state index in [1.807, 2.05) is 6.92 Å². The van der Waals surface area contributed by atoms with E-state index in [-0.39, 0.29) is 47.7 Å². The molecule has 0 bridgehead atoms. The summed E-state index contributed by atoms with van der Waals surface area (Å²) < 4.78 is 91.0. The van der Waals surface area contributed by atoms with Gasteiger partial charge in [0, 0.05) is 48.5 Å². The van der Waals surface area contributed by atoms with E-state index in [1.165, 1.54) is 28.7 Å². The zero-order valence-corrected chi connectivity index (χ0v) is 20.3. The number of nitrogens with zero attached hydrogens (tertiary/aromatic N) is 3. The molecule has 0 amide bonds. The van der Waals surface area contributed by atoms with Crippen molar-refractivity contribution in [1.29, 1.82) is 0 Å². The molecule has 5 nitrogen and oxygen atoms in total. The molecule has 3 heterocycles. The normalized spacial score (nSPS) is 21.0. The summed E-state index contributed by atoms with van der Waals surface area (Å²) in [6.07, 6.45) is 0.0838. The summed E-state index contributed by atoms with van der Waals surface area (Å²) in [5.74, 6) is -6.90. The van der Waals surface area contributed by atoms with Crippen molar-refractivity contribution in [2.24, 2.45) is 11.1 Å². The summed E-state index contributed by atoms with van der Waals surface area (Å²) in [6, 6.07) is 1.84. The minimum absolute atomic E-state index is 0.0597. The molecule has 0 saturated carbocycles. The summed E-state index contributed by atoms with van der Waals surface area (Å²) >= 11 is 1.36. The number of halogens is 6. The van der Waals surface area contributed by atoms with Crippen molar-refractivity contribution in [3.8, 4) is 11.1 Å². The average Bonchev–Trinajstić information content (AvgIpc) is 3.32. The molecular formula is C24H24F6N4OS. The maximum atomic E-state index is 14.5. The third-order valence-corrected chi connectivity index (χ3v) is 6.77. The van der Waals surface area contributed by atoms with Gasteiger partial charge in [0.05, 0.1) is 17.0 Å². The van der Waals surface area contributed by atoms with Gasteiger partial charge in [-0.25, -0.2) is 26.3 Å². The lowest BCUT2D eigenvalue weighted by molar-refractivity contribution is -0.0605. The predicted molar refractivity (Wildman–Crippen MR) is 127 cm³/mol. The van der Waals surface area contributed by atoms with Crippen LogP contribution in [0.1, 0.15) is 20.3 Å². The fourth-order valence-corrected chi connectivity index (χ4v) is 4.68. The second kappa shape index (κ2) is 9.89. The lowest BCUT2D eigenvalue weighted by atomic mass is 9.98. The van der Waals surface area contributed by atoms with Gasteiger partial charge in [0.1, 0.15) is 29.1 Å². The number of hydrogen-bond acceptors (Lipinski definition) is 6. The van der Waals surface area contributed by atoms with Gasteiger partial charge in [-0.15, -0.1) is 0 Å². The Kier molecular flexibility index (Phi) is 7.20. The number of rotatable bonds is 3. The molecule has 2 N–H and O–H groups in total. The van der Waals surface area contributed by atoms with Gasteiger partial charge in [0.2, 0.25) is 0 Å². The molecule has 2 saturated heterocycles. The summed E-state index contributed by atoms with van der Waals surface area (Å²) in [5, 5.41) is 8.94. The van der Waals surface area contributed by atoms with Crippen molar-refractivity contribution < 1.29 is 30.9 Å². The summed E-state index contributed by atoms with van der Waals surface area (Å²) in [4.78, 5) is 2.99. The second-order valence-electron chi connectivity index (χ2n) is 8.63. The van der Waals surface area contributed by atoms with Crippen molar-refractivity contribution in [2.45, 2.75) is 32.2 Å². The van der Waals surface area contributed by atoms with Gasteiger partial charge in [0.15, 0.2) is 11.4 Å². The van der Waals surface area contributed by atoms with E-state index in [9.17, 15) is 26.3 Å². The van der Waals surface area contributed by atoms with Crippen LogP contribution in [0.3, 0.4) is 0 Å². The molecule has 1 aromatic heterocycles. The monoisotopic (exact) mass is 530 g/mol. The highest BCUT2D eigenvalue weighted by Crippen LogP contribution is 2.47. The summed E-state index contributed by atoms with van der Waals surface area (Å²) in [5.41, 5.74) is -0.989. The number of fused-ring (bicyclic) bond motifs is 2. The molecule has 194 valence electrons. The van der Waals surface area contributed by atoms with Gasteiger partial charge >= 0.3 is 0 Å². The SMILES string of the molecule is C=C1N(c2noc3cc(F)cc(-c4c(F)cc(F)cc4F)c23)CC[C@H]2N1C[C@@H](C)C2(F)F.CCSN. The Morgan fingerprint density at radius 3 is 2.36 bits per heavy atom. The minimum atomic E-state index is -2.89. The molecule has 0 spiro atoms. The largest absolute Gasteiger partial charge is 0.354 e. The van der Waals surface area contributed by atoms with Crippen molar-refractivity contribution >= 4 is 28.7 Å². The maximum absolute atomic E-state index is 14.5. The molecule has 2 aromatic carbocycles. The molecule has 2 aliphatic rings. The molecule has 5 rings (SSSR count). The lowest BCUT2D eigenvalue weighted by Crippen LogP contribution is -2.50. The van der Waals surface area contributed by atoms with Crippen molar-refractivity contribution in [1.82, 2.24) is 10.1 Å². The first-order valence-electron chi connectivity index (χ1n) is 11.2. The van der Waals surface area contributed by atoms with Crippen LogP contribution in [-0.2, 0) is 0 Å². The van der Waals surface area contributed by atoms with Crippen LogP contribution in [0.25, 0.3) is 22.1 Å². The van der Waals surface area contributed by atoms with Gasteiger partial charge in [-0.3, -0.25) is 5.14 Å². The smallest absolute Gasteiger partial charge is 0.272 e. The van der Waals surface area contributed by atoms with Crippen LogP contribution in [0.15, 0.2) is 41.2 Å². The first-order valence-corrected chi connectivity index (χ1v) is 12.2. The van der Waals surface area contributed by atoms with E-state index < -0.39 is 46.7 Å². The fourth-order valence-electron chi connectivity index (χ4n) is 4.68. The molecule has 0 unspecified atom stereocenters. The van der Waals surface area contributed by atoms with E-state index in [1.54, 1.807) is 0 Å². The molecule has 2 fully saturated rings. The molecule has 2 aliphatic heterocycles. The number of anilines is 1. The van der Waals surface area contributed by atoms with Gasteiger partial charge < -0.3 is 14.3 Å². The third-order valence-electron chi connectivity index (χ3n) is 6.44. The molecule has 12 heteroatoms. The molecule has 3 aromatic rings. The number of alkyl halides is 2.